The first-order valence-corrected chi connectivity index (χ1v) is 10.8. The molecule has 1 aromatic heterocycles. The normalized spacial score (nSPS) is 15.8. The van der Waals surface area contributed by atoms with E-state index in [1.165, 1.54) is 11.3 Å². The van der Waals surface area contributed by atoms with Gasteiger partial charge in [-0.1, -0.05) is 23.7 Å². The number of nitrogens with zero attached hydrogens (tertiary/aromatic N) is 2. The molecule has 30 heavy (non-hydrogen) atoms. The minimum Gasteiger partial charge on any atom is -0.497 e. The van der Waals surface area contributed by atoms with Gasteiger partial charge in [-0.2, -0.15) is 0 Å². The van der Waals surface area contributed by atoms with E-state index in [1.807, 2.05) is 18.2 Å². The highest BCUT2D eigenvalue weighted by atomic mass is 35.5. The molecule has 0 saturated carbocycles. The van der Waals surface area contributed by atoms with Crippen LogP contribution in [0.2, 0.25) is 5.02 Å². The van der Waals surface area contributed by atoms with Gasteiger partial charge in [0.25, 0.3) is 5.91 Å². The van der Waals surface area contributed by atoms with Crippen molar-refractivity contribution in [2.45, 2.75) is 18.9 Å². The molecule has 0 spiro atoms. The van der Waals surface area contributed by atoms with Gasteiger partial charge in [-0.15, -0.1) is 11.3 Å². The summed E-state index contributed by atoms with van der Waals surface area (Å²) in [6.07, 6.45) is 1.40. The quantitative estimate of drug-likeness (QED) is 0.622. The molecule has 1 atom stereocenters. The van der Waals surface area contributed by atoms with Crippen molar-refractivity contribution in [2.75, 3.05) is 19.0 Å². The Bertz CT molecular complexity index is 1070. The monoisotopic (exact) mass is 441 g/mol. The van der Waals surface area contributed by atoms with Crippen LogP contribution in [0.25, 0.3) is 10.6 Å². The summed E-state index contributed by atoms with van der Waals surface area (Å²) in [5, 5.41) is 5.96. The maximum atomic E-state index is 13.1. The second kappa shape index (κ2) is 8.85. The first-order valence-electron chi connectivity index (χ1n) is 9.52. The van der Waals surface area contributed by atoms with Crippen LogP contribution in [-0.4, -0.2) is 41.4 Å². The Hall–Kier alpha value is -2.90. The molecule has 1 aliphatic rings. The molecule has 154 valence electrons. The molecule has 2 amide bonds. The summed E-state index contributed by atoms with van der Waals surface area (Å²) in [5.41, 5.74) is 1.87. The van der Waals surface area contributed by atoms with Crippen molar-refractivity contribution in [3.63, 3.8) is 0 Å². The predicted octanol–water partition coefficient (Wildman–Crippen LogP) is 4.72. The molecule has 1 aliphatic heterocycles. The van der Waals surface area contributed by atoms with E-state index in [4.69, 9.17) is 16.3 Å². The fourth-order valence-corrected chi connectivity index (χ4v) is 4.44. The molecule has 2 aromatic carbocycles. The van der Waals surface area contributed by atoms with Gasteiger partial charge in [0.1, 0.15) is 22.5 Å². The number of hydrogen-bond acceptors (Lipinski definition) is 5. The van der Waals surface area contributed by atoms with E-state index in [1.54, 1.807) is 47.7 Å². The van der Waals surface area contributed by atoms with Crippen LogP contribution in [0.5, 0.6) is 5.75 Å². The van der Waals surface area contributed by atoms with Crippen LogP contribution in [0.3, 0.4) is 0 Å². The van der Waals surface area contributed by atoms with Crippen molar-refractivity contribution in [3.05, 3.63) is 64.6 Å². The minimum atomic E-state index is -0.518. The number of carbonyl (C=O) groups is 2. The summed E-state index contributed by atoms with van der Waals surface area (Å²) in [6, 6.07) is 13.9. The smallest absolute Gasteiger partial charge is 0.274 e. The Morgan fingerprint density at radius 2 is 2.03 bits per heavy atom. The zero-order valence-corrected chi connectivity index (χ0v) is 17.9. The molecule has 1 fully saturated rings. The van der Waals surface area contributed by atoms with Crippen LogP contribution in [-0.2, 0) is 4.79 Å². The van der Waals surface area contributed by atoms with Gasteiger partial charge in [0.05, 0.1) is 7.11 Å². The van der Waals surface area contributed by atoms with Gasteiger partial charge < -0.3 is 15.0 Å². The number of halogens is 1. The predicted molar refractivity (Wildman–Crippen MR) is 118 cm³/mol. The van der Waals surface area contributed by atoms with E-state index >= 15 is 0 Å². The largest absolute Gasteiger partial charge is 0.497 e. The molecular formula is C22H20ClN3O3S. The van der Waals surface area contributed by atoms with Gasteiger partial charge in [-0.05, 0) is 49.2 Å². The zero-order valence-electron chi connectivity index (χ0n) is 16.3. The molecule has 1 saturated heterocycles. The zero-order chi connectivity index (χ0) is 21.1. The average molecular weight is 442 g/mol. The number of benzene rings is 2. The van der Waals surface area contributed by atoms with Gasteiger partial charge in [0.2, 0.25) is 5.91 Å². The van der Waals surface area contributed by atoms with Crippen molar-refractivity contribution in [1.29, 1.82) is 0 Å². The highest BCUT2D eigenvalue weighted by molar-refractivity contribution is 7.13. The summed E-state index contributed by atoms with van der Waals surface area (Å²) in [5.74, 6) is 0.285. The Labute approximate surface area is 183 Å². The molecule has 1 N–H and O–H groups in total. The third kappa shape index (κ3) is 4.32. The van der Waals surface area contributed by atoms with E-state index < -0.39 is 6.04 Å². The number of carbonyl (C=O) groups excluding carboxylic acids is 2. The van der Waals surface area contributed by atoms with E-state index in [-0.39, 0.29) is 11.8 Å². The van der Waals surface area contributed by atoms with E-state index in [0.29, 0.717) is 35.1 Å². The molecule has 1 unspecified atom stereocenters. The topological polar surface area (TPSA) is 71.5 Å². The minimum absolute atomic E-state index is 0.198. The summed E-state index contributed by atoms with van der Waals surface area (Å²) < 4.78 is 5.13. The van der Waals surface area contributed by atoms with Gasteiger partial charge in [-0.25, -0.2) is 4.98 Å². The molecule has 0 aliphatic carbocycles. The van der Waals surface area contributed by atoms with Gasteiger partial charge in [0, 0.05) is 28.2 Å². The number of rotatable bonds is 5. The summed E-state index contributed by atoms with van der Waals surface area (Å²) >= 11 is 7.44. The summed E-state index contributed by atoms with van der Waals surface area (Å²) in [7, 11) is 1.59. The lowest BCUT2D eigenvalue weighted by atomic mass is 10.2. The lowest BCUT2D eigenvalue weighted by Crippen LogP contribution is -2.43. The lowest BCUT2D eigenvalue weighted by Gasteiger charge is -2.23. The van der Waals surface area contributed by atoms with Crippen molar-refractivity contribution in [2.24, 2.45) is 0 Å². The first-order chi connectivity index (χ1) is 14.5. The molecule has 8 heteroatoms. The third-order valence-corrected chi connectivity index (χ3v) is 6.10. The van der Waals surface area contributed by atoms with Crippen LogP contribution in [0.1, 0.15) is 23.3 Å². The Balaban J connectivity index is 1.47. The summed E-state index contributed by atoms with van der Waals surface area (Å²) in [4.78, 5) is 32.0. The number of amides is 2. The van der Waals surface area contributed by atoms with E-state index in [0.717, 1.165) is 17.0 Å². The number of methoxy groups -OCH3 is 1. The SMILES string of the molecule is COc1ccc(NC(=O)C2CCCN2C(=O)c2csc(-c3cccc(Cl)c3)n2)cc1. The van der Waals surface area contributed by atoms with Crippen LogP contribution >= 0.6 is 22.9 Å². The van der Waals surface area contributed by atoms with Crippen LogP contribution in [0, 0.1) is 0 Å². The second-order valence-corrected chi connectivity index (χ2v) is 8.22. The number of thiazole rings is 1. The Morgan fingerprint density at radius 3 is 2.77 bits per heavy atom. The van der Waals surface area contributed by atoms with Crippen LogP contribution in [0.15, 0.2) is 53.9 Å². The highest BCUT2D eigenvalue weighted by Gasteiger charge is 2.35. The number of hydrogen-bond donors (Lipinski definition) is 1. The standard InChI is InChI=1S/C22H20ClN3O3S/c1-29-17-9-7-16(8-10-17)24-20(27)19-6-3-11-26(19)22(28)18-13-30-21(25-18)14-4-2-5-15(23)12-14/h2,4-5,7-10,12-13,19H,3,6,11H2,1H3,(H,24,27). The number of anilines is 1. The fourth-order valence-electron chi connectivity index (χ4n) is 3.46. The van der Waals surface area contributed by atoms with Crippen molar-refractivity contribution >= 4 is 40.4 Å². The van der Waals surface area contributed by atoms with Crippen molar-refractivity contribution < 1.29 is 14.3 Å². The fraction of sp³-hybridized carbons (Fsp3) is 0.227. The number of ether oxygens (including phenoxy) is 1. The van der Waals surface area contributed by atoms with Gasteiger partial charge >= 0.3 is 0 Å². The van der Waals surface area contributed by atoms with E-state index in [9.17, 15) is 9.59 Å². The molecule has 4 rings (SSSR count). The molecule has 0 radical (unpaired) electrons. The molecule has 6 nitrogen and oxygen atoms in total. The molecular weight excluding hydrogens is 422 g/mol. The maximum Gasteiger partial charge on any atom is 0.274 e. The number of likely N-dealkylation sites (tertiary alicyclic amines) is 1. The van der Waals surface area contributed by atoms with Crippen molar-refractivity contribution in [1.82, 2.24) is 9.88 Å². The second-order valence-electron chi connectivity index (χ2n) is 6.92. The van der Waals surface area contributed by atoms with E-state index in [2.05, 4.69) is 10.3 Å². The van der Waals surface area contributed by atoms with Crippen LogP contribution in [0.4, 0.5) is 5.69 Å². The lowest BCUT2D eigenvalue weighted by molar-refractivity contribution is -0.119. The molecule has 0 bridgehead atoms. The number of aromatic nitrogens is 1. The summed E-state index contributed by atoms with van der Waals surface area (Å²) in [6.45, 7) is 0.531. The number of nitrogens with one attached hydrogen (secondary N) is 1. The highest BCUT2D eigenvalue weighted by Crippen LogP contribution is 2.28. The molecule has 2 heterocycles. The van der Waals surface area contributed by atoms with Crippen molar-refractivity contribution in [3.8, 4) is 16.3 Å². The average Bonchev–Trinajstić information content (AvgIpc) is 3.44. The molecule has 3 aromatic rings. The van der Waals surface area contributed by atoms with Gasteiger partial charge in [0.15, 0.2) is 0 Å². The van der Waals surface area contributed by atoms with Gasteiger partial charge in [-0.3, -0.25) is 9.59 Å². The Kier molecular flexibility index (Phi) is 6.01. The maximum absolute atomic E-state index is 13.1. The third-order valence-electron chi connectivity index (χ3n) is 4.97. The van der Waals surface area contributed by atoms with Crippen LogP contribution < -0.4 is 10.1 Å². The Morgan fingerprint density at radius 1 is 1.23 bits per heavy atom. The first kappa shape index (κ1) is 20.4.